The lowest BCUT2D eigenvalue weighted by molar-refractivity contribution is 0.0603. The van der Waals surface area contributed by atoms with Crippen molar-refractivity contribution in [1.29, 1.82) is 0 Å². The number of nitrogens with zero attached hydrogens (tertiary/aromatic N) is 2. The monoisotopic (exact) mass is 177 g/mol. The molecule has 5 nitrogen and oxygen atoms in total. The van der Waals surface area contributed by atoms with Crippen LogP contribution in [0.5, 0.6) is 0 Å². The zero-order valence-corrected chi connectivity index (χ0v) is 6.94. The fourth-order valence-corrected chi connectivity index (χ4v) is 1.14. The van der Waals surface area contributed by atoms with Gasteiger partial charge in [-0.2, -0.15) is 0 Å². The Morgan fingerprint density at radius 2 is 2.46 bits per heavy atom. The Morgan fingerprint density at radius 1 is 1.62 bits per heavy atom. The molecule has 2 rings (SSSR count). The molecule has 0 saturated carbocycles. The molecule has 1 N–H and O–H groups in total. The quantitative estimate of drug-likeness (QED) is 0.652. The topological polar surface area (TPSA) is 67.9 Å². The Labute approximate surface area is 73.8 Å². The maximum Gasteiger partial charge on any atom is 0.340 e. The summed E-state index contributed by atoms with van der Waals surface area (Å²) in [4.78, 5) is 21.8. The van der Waals surface area contributed by atoms with E-state index in [1.165, 1.54) is 13.4 Å². The average molecular weight is 177 g/mol. The minimum atomic E-state index is -0.388. The van der Waals surface area contributed by atoms with E-state index in [4.69, 9.17) is 0 Å². The van der Waals surface area contributed by atoms with E-state index in [0.29, 0.717) is 16.6 Å². The van der Waals surface area contributed by atoms with Crippen molar-refractivity contribution in [2.45, 2.75) is 0 Å². The number of H-pyrrole nitrogens is 1. The molecule has 66 valence electrons. The third-order valence-electron chi connectivity index (χ3n) is 1.76. The number of hydrogen-bond acceptors (Lipinski definition) is 4. The Bertz CT molecular complexity index is 449. The average Bonchev–Trinajstić information content (AvgIpc) is 2.60. The van der Waals surface area contributed by atoms with Gasteiger partial charge >= 0.3 is 5.97 Å². The molecule has 0 aliphatic rings. The van der Waals surface area contributed by atoms with E-state index in [1.54, 1.807) is 12.4 Å². The second kappa shape index (κ2) is 2.85. The lowest BCUT2D eigenvalue weighted by atomic mass is 10.2. The highest BCUT2D eigenvalue weighted by atomic mass is 16.5. The molecule has 0 atom stereocenters. The maximum absolute atomic E-state index is 11.2. The Kier molecular flexibility index (Phi) is 1.70. The predicted octanol–water partition coefficient (Wildman–Crippen LogP) is 0.744. The van der Waals surface area contributed by atoms with E-state index in [2.05, 4.69) is 19.7 Å². The lowest BCUT2D eigenvalue weighted by Gasteiger charge is -1.94. The summed E-state index contributed by atoms with van der Waals surface area (Å²) in [5, 5.41) is 0.675. The molecule has 2 aromatic heterocycles. The summed E-state index contributed by atoms with van der Waals surface area (Å²) in [5.74, 6) is -0.388. The van der Waals surface area contributed by atoms with Crippen molar-refractivity contribution < 1.29 is 9.53 Å². The first-order valence-corrected chi connectivity index (χ1v) is 3.68. The highest BCUT2D eigenvalue weighted by Gasteiger charge is 2.11. The van der Waals surface area contributed by atoms with Crippen LogP contribution in [-0.2, 0) is 4.74 Å². The van der Waals surface area contributed by atoms with Gasteiger partial charge in [-0.15, -0.1) is 0 Å². The minimum Gasteiger partial charge on any atom is -0.465 e. The van der Waals surface area contributed by atoms with Gasteiger partial charge < -0.3 is 9.72 Å². The Balaban J connectivity index is 2.64. The number of esters is 1. The molecule has 0 aliphatic heterocycles. The number of carbonyl (C=O) groups is 1. The number of nitrogens with one attached hydrogen (secondary N) is 1. The fraction of sp³-hybridized carbons (Fsp3) is 0.125. The van der Waals surface area contributed by atoms with E-state index in [9.17, 15) is 4.79 Å². The largest absolute Gasteiger partial charge is 0.465 e. The second-order valence-corrected chi connectivity index (χ2v) is 2.48. The van der Waals surface area contributed by atoms with Crippen LogP contribution in [0.2, 0.25) is 0 Å². The zero-order chi connectivity index (χ0) is 9.26. The summed E-state index contributed by atoms with van der Waals surface area (Å²) in [6.45, 7) is 0. The molecule has 0 unspecified atom stereocenters. The van der Waals surface area contributed by atoms with Crippen LogP contribution in [0.3, 0.4) is 0 Å². The van der Waals surface area contributed by atoms with Crippen molar-refractivity contribution in [1.82, 2.24) is 15.0 Å². The van der Waals surface area contributed by atoms with Gasteiger partial charge in [-0.3, -0.25) is 0 Å². The number of rotatable bonds is 1. The Morgan fingerprint density at radius 3 is 3.23 bits per heavy atom. The maximum atomic E-state index is 11.2. The summed E-state index contributed by atoms with van der Waals surface area (Å²) in [6.07, 6.45) is 4.55. The number of carbonyl (C=O) groups excluding carboxylic acids is 1. The molecular formula is C8H7N3O2. The predicted molar refractivity (Wildman–Crippen MR) is 45.2 cm³/mol. The summed E-state index contributed by atoms with van der Waals surface area (Å²) < 4.78 is 4.59. The van der Waals surface area contributed by atoms with E-state index < -0.39 is 0 Å². The third-order valence-corrected chi connectivity index (χ3v) is 1.76. The molecule has 2 heterocycles. The van der Waals surface area contributed by atoms with Crippen LogP contribution in [-0.4, -0.2) is 28.0 Å². The first-order valence-electron chi connectivity index (χ1n) is 3.68. The standard InChI is InChI=1S/C8H7N3O2/c1-13-8(12)6-3-10-7-5(6)2-9-4-11-7/h2-4H,1H3,(H,9,10,11). The number of ether oxygens (including phenoxy) is 1. The molecule has 0 spiro atoms. The lowest BCUT2D eigenvalue weighted by Crippen LogP contribution is -1.99. The van der Waals surface area contributed by atoms with Gasteiger partial charge in [0.15, 0.2) is 0 Å². The SMILES string of the molecule is COC(=O)c1c[nH]c2ncncc12. The zero-order valence-electron chi connectivity index (χ0n) is 6.94. The van der Waals surface area contributed by atoms with E-state index in [0.717, 1.165) is 0 Å². The number of methoxy groups -OCH3 is 1. The van der Waals surface area contributed by atoms with Gasteiger partial charge in [0, 0.05) is 12.4 Å². The van der Waals surface area contributed by atoms with Crippen molar-refractivity contribution in [2.75, 3.05) is 7.11 Å². The van der Waals surface area contributed by atoms with Crippen molar-refractivity contribution in [3.05, 3.63) is 24.3 Å². The summed E-state index contributed by atoms with van der Waals surface area (Å²) in [7, 11) is 1.34. The molecule has 13 heavy (non-hydrogen) atoms. The van der Waals surface area contributed by atoms with Gasteiger partial charge in [0.1, 0.15) is 12.0 Å². The van der Waals surface area contributed by atoms with Crippen molar-refractivity contribution >= 4 is 17.0 Å². The van der Waals surface area contributed by atoms with Crippen LogP contribution in [0.1, 0.15) is 10.4 Å². The van der Waals surface area contributed by atoms with Gasteiger partial charge in [0.05, 0.1) is 18.1 Å². The number of fused-ring (bicyclic) bond motifs is 1. The molecule has 0 bridgehead atoms. The molecule has 2 aromatic rings. The third kappa shape index (κ3) is 1.14. The number of hydrogen-bond donors (Lipinski definition) is 1. The summed E-state index contributed by atoms with van der Waals surface area (Å²) in [6, 6.07) is 0. The first-order chi connectivity index (χ1) is 6.33. The molecule has 0 radical (unpaired) electrons. The Hall–Kier alpha value is -1.91. The van der Waals surface area contributed by atoms with Gasteiger partial charge in [0.25, 0.3) is 0 Å². The molecule has 5 heteroatoms. The first kappa shape index (κ1) is 7.72. The number of aromatic amines is 1. The van der Waals surface area contributed by atoms with Crippen molar-refractivity contribution in [3.8, 4) is 0 Å². The van der Waals surface area contributed by atoms with Crippen LogP contribution in [0.15, 0.2) is 18.7 Å². The van der Waals surface area contributed by atoms with Crippen molar-refractivity contribution in [3.63, 3.8) is 0 Å². The van der Waals surface area contributed by atoms with Crippen LogP contribution in [0.4, 0.5) is 0 Å². The molecule has 0 saturated heterocycles. The molecule has 0 aromatic carbocycles. The van der Waals surface area contributed by atoms with Crippen LogP contribution in [0, 0.1) is 0 Å². The minimum absolute atomic E-state index is 0.388. The van der Waals surface area contributed by atoms with E-state index in [-0.39, 0.29) is 5.97 Å². The molecular weight excluding hydrogens is 170 g/mol. The van der Waals surface area contributed by atoms with Crippen LogP contribution >= 0.6 is 0 Å². The second-order valence-electron chi connectivity index (χ2n) is 2.48. The smallest absolute Gasteiger partial charge is 0.340 e. The fourth-order valence-electron chi connectivity index (χ4n) is 1.14. The van der Waals surface area contributed by atoms with Crippen LogP contribution in [0.25, 0.3) is 11.0 Å². The van der Waals surface area contributed by atoms with Crippen LogP contribution < -0.4 is 0 Å². The number of aromatic nitrogens is 3. The normalized spacial score (nSPS) is 10.2. The molecule has 0 amide bonds. The van der Waals surface area contributed by atoms with Gasteiger partial charge in [-0.05, 0) is 0 Å². The van der Waals surface area contributed by atoms with Gasteiger partial charge in [-0.1, -0.05) is 0 Å². The highest BCUT2D eigenvalue weighted by molar-refractivity contribution is 6.02. The van der Waals surface area contributed by atoms with Gasteiger partial charge in [0.2, 0.25) is 0 Å². The molecule has 0 fully saturated rings. The summed E-state index contributed by atoms with van der Waals surface area (Å²) in [5.41, 5.74) is 1.09. The summed E-state index contributed by atoms with van der Waals surface area (Å²) >= 11 is 0. The van der Waals surface area contributed by atoms with Gasteiger partial charge in [-0.25, -0.2) is 14.8 Å². The van der Waals surface area contributed by atoms with Crippen molar-refractivity contribution in [2.24, 2.45) is 0 Å². The van der Waals surface area contributed by atoms with E-state index in [1.807, 2.05) is 0 Å². The highest BCUT2D eigenvalue weighted by Crippen LogP contribution is 2.14. The van der Waals surface area contributed by atoms with E-state index >= 15 is 0 Å². The molecule has 0 aliphatic carbocycles.